The van der Waals surface area contributed by atoms with Crippen molar-refractivity contribution in [1.29, 1.82) is 0 Å². The molecule has 1 fully saturated rings. The fraction of sp³-hybridized carbons (Fsp3) is 0.214. The number of piperidine rings is 1. The Hall–Kier alpha value is -2.43. The maximum absolute atomic E-state index is 11.8. The van der Waals surface area contributed by atoms with E-state index in [1.807, 2.05) is 24.3 Å². The molecule has 1 aliphatic rings. The lowest BCUT2D eigenvalue weighted by molar-refractivity contribution is -0.134. The van der Waals surface area contributed by atoms with Crippen molar-refractivity contribution in [3.63, 3.8) is 0 Å². The topological polar surface area (TPSA) is 85.1 Å². The summed E-state index contributed by atoms with van der Waals surface area (Å²) in [6.07, 6.45) is 2.59. The third-order valence-corrected chi connectivity index (χ3v) is 3.36. The molecule has 2 amide bonds. The zero-order chi connectivity index (χ0) is 13.4. The van der Waals surface area contributed by atoms with Crippen LogP contribution in [0.5, 0.6) is 0 Å². The molecular weight excluding hydrogens is 242 g/mol. The van der Waals surface area contributed by atoms with Gasteiger partial charge >= 0.3 is 0 Å². The lowest BCUT2D eigenvalue weighted by Gasteiger charge is -2.20. The van der Waals surface area contributed by atoms with Crippen molar-refractivity contribution < 1.29 is 9.59 Å². The summed E-state index contributed by atoms with van der Waals surface area (Å²) in [5.41, 5.74) is 7.11. The number of pyridine rings is 1. The molecule has 1 aromatic heterocycles. The second-order valence-corrected chi connectivity index (χ2v) is 4.72. The monoisotopic (exact) mass is 255 g/mol. The van der Waals surface area contributed by atoms with Crippen molar-refractivity contribution in [1.82, 2.24) is 10.3 Å². The van der Waals surface area contributed by atoms with Gasteiger partial charge in [0.05, 0.1) is 11.6 Å². The van der Waals surface area contributed by atoms with Gasteiger partial charge in [-0.3, -0.25) is 19.9 Å². The van der Waals surface area contributed by atoms with Gasteiger partial charge < -0.3 is 5.73 Å². The molecule has 0 radical (unpaired) electrons. The first kappa shape index (κ1) is 11.6. The van der Waals surface area contributed by atoms with Crippen LogP contribution < -0.4 is 11.1 Å². The zero-order valence-corrected chi connectivity index (χ0v) is 10.2. The van der Waals surface area contributed by atoms with E-state index in [1.165, 1.54) is 0 Å². The summed E-state index contributed by atoms with van der Waals surface area (Å²) in [6, 6.07) is 7.43. The zero-order valence-electron chi connectivity index (χ0n) is 10.2. The van der Waals surface area contributed by atoms with Crippen LogP contribution in [0.4, 0.5) is 5.69 Å². The first-order valence-electron chi connectivity index (χ1n) is 6.12. The highest BCUT2D eigenvalue weighted by Crippen LogP contribution is 2.26. The van der Waals surface area contributed by atoms with Crippen molar-refractivity contribution in [3.05, 3.63) is 36.2 Å². The number of rotatable bonds is 1. The van der Waals surface area contributed by atoms with Crippen LogP contribution in [-0.2, 0) is 9.59 Å². The van der Waals surface area contributed by atoms with Gasteiger partial charge in [0.25, 0.3) is 0 Å². The Morgan fingerprint density at radius 2 is 2.05 bits per heavy atom. The van der Waals surface area contributed by atoms with Gasteiger partial charge in [0.2, 0.25) is 11.8 Å². The summed E-state index contributed by atoms with van der Waals surface area (Å²) in [7, 11) is 0. The highest BCUT2D eigenvalue weighted by molar-refractivity contribution is 6.01. The SMILES string of the molecule is Nc1ccc2cnc(C3CCC(=O)NC3=O)cc2c1. The van der Waals surface area contributed by atoms with E-state index in [1.54, 1.807) is 6.20 Å². The molecule has 1 aromatic carbocycles. The van der Waals surface area contributed by atoms with Crippen LogP contribution in [0.25, 0.3) is 10.8 Å². The van der Waals surface area contributed by atoms with Gasteiger partial charge in [-0.05, 0) is 30.0 Å². The average Bonchev–Trinajstić information content (AvgIpc) is 2.38. The fourth-order valence-corrected chi connectivity index (χ4v) is 2.34. The van der Waals surface area contributed by atoms with Crippen molar-refractivity contribution in [2.24, 2.45) is 0 Å². The normalized spacial score (nSPS) is 19.5. The van der Waals surface area contributed by atoms with Gasteiger partial charge in [0, 0.05) is 23.7 Å². The van der Waals surface area contributed by atoms with E-state index in [2.05, 4.69) is 10.3 Å². The van der Waals surface area contributed by atoms with Gasteiger partial charge in [-0.15, -0.1) is 0 Å². The highest BCUT2D eigenvalue weighted by atomic mass is 16.2. The summed E-state index contributed by atoms with van der Waals surface area (Å²) in [5, 5.41) is 4.28. The summed E-state index contributed by atoms with van der Waals surface area (Å²) >= 11 is 0. The van der Waals surface area contributed by atoms with Crippen LogP contribution in [0.3, 0.4) is 0 Å². The van der Waals surface area contributed by atoms with Gasteiger partial charge in [0.15, 0.2) is 0 Å². The molecular formula is C14H13N3O2. The number of aromatic nitrogens is 1. The van der Waals surface area contributed by atoms with Crippen molar-refractivity contribution in [2.75, 3.05) is 5.73 Å². The quantitative estimate of drug-likeness (QED) is 0.594. The van der Waals surface area contributed by atoms with Crippen LogP contribution in [0.1, 0.15) is 24.5 Å². The number of imide groups is 1. The van der Waals surface area contributed by atoms with E-state index in [4.69, 9.17) is 5.73 Å². The molecule has 5 nitrogen and oxygen atoms in total. The third-order valence-electron chi connectivity index (χ3n) is 3.36. The number of carbonyl (C=O) groups excluding carboxylic acids is 2. The maximum Gasteiger partial charge on any atom is 0.235 e. The predicted octanol–water partition coefficient (Wildman–Crippen LogP) is 1.34. The molecule has 5 heteroatoms. The molecule has 0 spiro atoms. The van der Waals surface area contributed by atoms with E-state index >= 15 is 0 Å². The number of carbonyl (C=O) groups is 2. The molecule has 2 aromatic rings. The number of hydrogen-bond acceptors (Lipinski definition) is 4. The minimum absolute atomic E-state index is 0.216. The van der Waals surface area contributed by atoms with Crippen LogP contribution in [0.2, 0.25) is 0 Å². The van der Waals surface area contributed by atoms with E-state index < -0.39 is 0 Å². The third kappa shape index (κ3) is 2.14. The van der Waals surface area contributed by atoms with Crippen molar-refractivity contribution in [3.8, 4) is 0 Å². The number of nitrogens with zero attached hydrogens (tertiary/aromatic N) is 1. The molecule has 0 aliphatic carbocycles. The van der Waals surface area contributed by atoms with E-state index in [9.17, 15) is 9.59 Å². The lowest BCUT2D eigenvalue weighted by Crippen LogP contribution is -2.39. The Morgan fingerprint density at radius 3 is 2.84 bits per heavy atom. The lowest BCUT2D eigenvalue weighted by atomic mass is 9.93. The Bertz CT molecular complexity index is 681. The Balaban J connectivity index is 2.01. The number of nitrogens with one attached hydrogen (secondary N) is 1. The van der Waals surface area contributed by atoms with Gasteiger partial charge in [-0.2, -0.15) is 0 Å². The van der Waals surface area contributed by atoms with Gasteiger partial charge in [-0.25, -0.2) is 0 Å². The first-order chi connectivity index (χ1) is 9.13. The number of hydrogen-bond donors (Lipinski definition) is 2. The molecule has 19 heavy (non-hydrogen) atoms. The highest BCUT2D eigenvalue weighted by Gasteiger charge is 2.28. The molecule has 1 atom stereocenters. The van der Waals surface area contributed by atoms with E-state index in [-0.39, 0.29) is 17.7 Å². The number of benzene rings is 1. The largest absolute Gasteiger partial charge is 0.399 e. The molecule has 0 bridgehead atoms. The van der Waals surface area contributed by atoms with E-state index in [0.717, 1.165) is 10.8 Å². The standard InChI is InChI=1S/C14H13N3O2/c15-10-2-1-8-7-16-12(6-9(8)5-10)11-3-4-13(18)17-14(11)19/h1-2,5-7,11H,3-4,15H2,(H,17,18,19). The van der Waals surface area contributed by atoms with Crippen LogP contribution in [-0.4, -0.2) is 16.8 Å². The Kier molecular flexibility index (Phi) is 2.67. The van der Waals surface area contributed by atoms with Crippen LogP contribution >= 0.6 is 0 Å². The van der Waals surface area contributed by atoms with Crippen LogP contribution in [0, 0.1) is 0 Å². The molecule has 96 valence electrons. The summed E-state index contributed by atoms with van der Waals surface area (Å²) < 4.78 is 0. The molecule has 0 saturated carbocycles. The van der Waals surface area contributed by atoms with Crippen molar-refractivity contribution >= 4 is 28.3 Å². The molecule has 1 aliphatic heterocycles. The summed E-state index contributed by atoms with van der Waals surface area (Å²) in [4.78, 5) is 27.3. The summed E-state index contributed by atoms with van der Waals surface area (Å²) in [5.74, 6) is -0.846. The van der Waals surface area contributed by atoms with E-state index in [0.29, 0.717) is 24.2 Å². The molecule has 3 N–H and O–H groups in total. The van der Waals surface area contributed by atoms with Crippen LogP contribution in [0.15, 0.2) is 30.5 Å². The number of fused-ring (bicyclic) bond motifs is 1. The first-order valence-corrected chi connectivity index (χ1v) is 6.12. The Morgan fingerprint density at radius 1 is 1.21 bits per heavy atom. The van der Waals surface area contributed by atoms with Gasteiger partial charge in [0.1, 0.15) is 0 Å². The fourth-order valence-electron chi connectivity index (χ4n) is 2.34. The molecule has 1 saturated heterocycles. The summed E-state index contributed by atoms with van der Waals surface area (Å²) in [6.45, 7) is 0. The molecule has 1 unspecified atom stereocenters. The smallest absolute Gasteiger partial charge is 0.235 e. The predicted molar refractivity (Wildman–Crippen MR) is 71.3 cm³/mol. The second kappa shape index (κ2) is 4.35. The maximum atomic E-state index is 11.8. The van der Waals surface area contributed by atoms with Gasteiger partial charge in [-0.1, -0.05) is 6.07 Å². The number of nitrogen functional groups attached to an aromatic ring is 1. The number of nitrogens with two attached hydrogens (primary N) is 1. The average molecular weight is 255 g/mol. The number of amides is 2. The minimum atomic E-state index is -0.358. The second-order valence-electron chi connectivity index (χ2n) is 4.72. The molecule has 2 heterocycles. The minimum Gasteiger partial charge on any atom is -0.399 e. The van der Waals surface area contributed by atoms with Crippen molar-refractivity contribution in [2.45, 2.75) is 18.8 Å². The number of anilines is 1. The molecule has 3 rings (SSSR count). The Labute approximate surface area is 109 Å².